The Bertz CT molecular complexity index is 406. The predicted molar refractivity (Wildman–Crippen MR) is 65.1 cm³/mol. The van der Waals surface area contributed by atoms with E-state index in [2.05, 4.69) is 17.9 Å². The summed E-state index contributed by atoms with van der Waals surface area (Å²) in [5.74, 6) is -0.490. The summed E-state index contributed by atoms with van der Waals surface area (Å²) >= 11 is 1.43. The van der Waals surface area contributed by atoms with Gasteiger partial charge in [-0.15, -0.1) is 11.3 Å². The van der Waals surface area contributed by atoms with Crippen molar-refractivity contribution in [2.75, 3.05) is 7.11 Å². The fourth-order valence-electron chi connectivity index (χ4n) is 1.32. The number of thiophene rings is 1. The molecule has 0 saturated heterocycles. The molecule has 0 aliphatic carbocycles. The highest BCUT2D eigenvalue weighted by atomic mass is 32.1. The van der Waals surface area contributed by atoms with Crippen LogP contribution in [-0.2, 0) is 9.53 Å². The second kappa shape index (κ2) is 5.63. The second-order valence-corrected chi connectivity index (χ2v) is 4.21. The molecule has 1 aromatic heterocycles. The van der Waals surface area contributed by atoms with Crippen LogP contribution in [-0.4, -0.2) is 18.2 Å². The van der Waals surface area contributed by atoms with Gasteiger partial charge >= 0.3 is 5.97 Å². The molecule has 86 valence electrons. The first-order chi connectivity index (χ1) is 7.60. The van der Waals surface area contributed by atoms with Gasteiger partial charge in [0.2, 0.25) is 0 Å². The van der Waals surface area contributed by atoms with Crippen LogP contribution in [0.3, 0.4) is 0 Å². The molecule has 1 N–H and O–H groups in total. The van der Waals surface area contributed by atoms with E-state index in [0.717, 1.165) is 10.4 Å². The van der Waals surface area contributed by atoms with Crippen LogP contribution >= 0.6 is 11.3 Å². The van der Waals surface area contributed by atoms with Gasteiger partial charge in [-0.2, -0.15) is 0 Å². The largest absolute Gasteiger partial charge is 0.466 e. The summed E-state index contributed by atoms with van der Waals surface area (Å²) in [6.07, 6.45) is 1.11. The van der Waals surface area contributed by atoms with Crippen molar-refractivity contribution >= 4 is 23.4 Å². The van der Waals surface area contributed by atoms with Crippen LogP contribution in [0.4, 0.5) is 0 Å². The Hall–Kier alpha value is -1.39. The number of aliphatic hydroxyl groups excluding tert-OH is 1. The van der Waals surface area contributed by atoms with Crippen molar-refractivity contribution in [1.29, 1.82) is 0 Å². The van der Waals surface area contributed by atoms with Crippen molar-refractivity contribution < 1.29 is 14.6 Å². The molecular formula is C12H14O3S. The summed E-state index contributed by atoms with van der Waals surface area (Å²) < 4.78 is 4.52. The van der Waals surface area contributed by atoms with E-state index in [1.54, 1.807) is 6.08 Å². The molecule has 1 heterocycles. The number of hydrogen-bond acceptors (Lipinski definition) is 4. The van der Waals surface area contributed by atoms with Crippen molar-refractivity contribution in [1.82, 2.24) is 0 Å². The van der Waals surface area contributed by atoms with E-state index in [-0.39, 0.29) is 12.0 Å². The van der Waals surface area contributed by atoms with Crippen LogP contribution < -0.4 is 0 Å². The van der Waals surface area contributed by atoms with Crippen LogP contribution in [0, 0.1) is 0 Å². The molecule has 16 heavy (non-hydrogen) atoms. The maximum atomic E-state index is 11.1. The lowest BCUT2D eigenvalue weighted by Crippen LogP contribution is -2.07. The summed E-state index contributed by atoms with van der Waals surface area (Å²) in [6, 6.07) is 1.87. The number of esters is 1. The first kappa shape index (κ1) is 12.7. The average molecular weight is 238 g/mol. The van der Waals surface area contributed by atoms with Gasteiger partial charge in [0.25, 0.3) is 0 Å². The predicted octanol–water partition coefficient (Wildman–Crippen LogP) is 2.54. The average Bonchev–Trinajstić information content (AvgIpc) is 2.75. The van der Waals surface area contributed by atoms with Crippen molar-refractivity contribution in [2.45, 2.75) is 12.5 Å². The standard InChI is InChI=1S/C12H14O3S/c1-4-9-5-6-16-11(9)10(13)7-8(2)12(14)15-3/h4-6,10,13H,1-2,7H2,3H3. The van der Waals surface area contributed by atoms with Gasteiger partial charge in [0.1, 0.15) is 0 Å². The zero-order valence-corrected chi connectivity index (χ0v) is 9.92. The molecule has 0 aromatic carbocycles. The van der Waals surface area contributed by atoms with E-state index in [1.807, 2.05) is 11.4 Å². The van der Waals surface area contributed by atoms with Crippen molar-refractivity contribution in [3.63, 3.8) is 0 Å². The Morgan fingerprint density at radius 2 is 2.44 bits per heavy atom. The van der Waals surface area contributed by atoms with E-state index in [1.165, 1.54) is 18.4 Å². The molecule has 0 fully saturated rings. The zero-order chi connectivity index (χ0) is 12.1. The van der Waals surface area contributed by atoms with Crippen LogP contribution in [0.1, 0.15) is 23.0 Å². The smallest absolute Gasteiger partial charge is 0.333 e. The number of methoxy groups -OCH3 is 1. The van der Waals surface area contributed by atoms with Gasteiger partial charge in [0.05, 0.1) is 13.2 Å². The number of aliphatic hydroxyl groups is 1. The maximum absolute atomic E-state index is 11.1. The summed E-state index contributed by atoms with van der Waals surface area (Å²) in [6.45, 7) is 7.23. The Morgan fingerprint density at radius 1 is 1.75 bits per heavy atom. The molecule has 0 amide bonds. The lowest BCUT2D eigenvalue weighted by molar-refractivity contribution is -0.136. The molecule has 1 rings (SSSR count). The van der Waals surface area contributed by atoms with Crippen LogP contribution in [0.2, 0.25) is 0 Å². The molecule has 1 atom stereocenters. The molecule has 0 bridgehead atoms. The summed E-state index contributed by atoms with van der Waals surface area (Å²) in [5, 5.41) is 11.8. The molecule has 0 aliphatic rings. The second-order valence-electron chi connectivity index (χ2n) is 3.26. The third-order valence-electron chi connectivity index (χ3n) is 2.16. The van der Waals surface area contributed by atoms with Gasteiger partial charge in [0.15, 0.2) is 0 Å². The molecule has 1 unspecified atom stereocenters. The Labute approximate surface area is 98.7 Å². The fraction of sp³-hybridized carbons (Fsp3) is 0.250. The minimum Gasteiger partial charge on any atom is -0.466 e. The van der Waals surface area contributed by atoms with Crippen molar-refractivity contribution in [3.05, 3.63) is 40.6 Å². The number of ether oxygens (including phenoxy) is 1. The van der Waals surface area contributed by atoms with Gasteiger partial charge < -0.3 is 9.84 Å². The first-order valence-corrected chi connectivity index (χ1v) is 5.62. The van der Waals surface area contributed by atoms with Gasteiger partial charge in [0, 0.05) is 16.9 Å². The molecule has 0 saturated carbocycles. The van der Waals surface area contributed by atoms with Crippen molar-refractivity contribution in [3.8, 4) is 0 Å². The third kappa shape index (κ3) is 2.81. The van der Waals surface area contributed by atoms with Crippen LogP contribution in [0.25, 0.3) is 6.08 Å². The summed E-state index contributed by atoms with van der Waals surface area (Å²) in [7, 11) is 1.29. The molecular weight excluding hydrogens is 224 g/mol. The van der Waals surface area contributed by atoms with Gasteiger partial charge in [-0.05, 0) is 17.0 Å². The molecule has 0 radical (unpaired) electrons. The Balaban J connectivity index is 2.72. The first-order valence-electron chi connectivity index (χ1n) is 4.74. The minimum atomic E-state index is -0.736. The van der Waals surface area contributed by atoms with Crippen molar-refractivity contribution in [2.24, 2.45) is 0 Å². The topological polar surface area (TPSA) is 46.5 Å². The number of carbonyl (C=O) groups excluding carboxylic acids is 1. The highest BCUT2D eigenvalue weighted by molar-refractivity contribution is 7.10. The van der Waals surface area contributed by atoms with Gasteiger partial charge in [-0.25, -0.2) is 4.79 Å². The fourth-order valence-corrected chi connectivity index (χ4v) is 2.21. The van der Waals surface area contributed by atoms with Gasteiger partial charge in [-0.3, -0.25) is 0 Å². The van der Waals surface area contributed by atoms with E-state index in [0.29, 0.717) is 0 Å². The lowest BCUT2D eigenvalue weighted by atomic mass is 10.1. The molecule has 0 aliphatic heterocycles. The van der Waals surface area contributed by atoms with Crippen LogP contribution in [0.5, 0.6) is 0 Å². The van der Waals surface area contributed by atoms with Crippen LogP contribution in [0.15, 0.2) is 30.2 Å². The third-order valence-corrected chi connectivity index (χ3v) is 3.20. The quantitative estimate of drug-likeness (QED) is 0.633. The lowest BCUT2D eigenvalue weighted by Gasteiger charge is -2.10. The SMILES string of the molecule is C=Cc1ccsc1C(O)CC(=C)C(=O)OC. The molecule has 0 spiro atoms. The zero-order valence-electron chi connectivity index (χ0n) is 9.10. The normalized spacial score (nSPS) is 11.9. The van der Waals surface area contributed by atoms with E-state index in [9.17, 15) is 9.90 Å². The number of hydrogen-bond donors (Lipinski definition) is 1. The highest BCUT2D eigenvalue weighted by Gasteiger charge is 2.17. The Kier molecular flexibility index (Phi) is 4.46. The van der Waals surface area contributed by atoms with E-state index in [4.69, 9.17) is 0 Å². The minimum absolute atomic E-state index is 0.175. The number of carbonyl (C=O) groups is 1. The number of rotatable bonds is 5. The monoisotopic (exact) mass is 238 g/mol. The summed E-state index contributed by atoms with van der Waals surface area (Å²) in [4.78, 5) is 11.9. The Morgan fingerprint density at radius 3 is 3.00 bits per heavy atom. The summed E-state index contributed by atoms with van der Waals surface area (Å²) in [5.41, 5.74) is 1.15. The molecule has 4 heteroatoms. The van der Waals surface area contributed by atoms with Gasteiger partial charge in [-0.1, -0.05) is 19.2 Å². The van der Waals surface area contributed by atoms with E-state index >= 15 is 0 Å². The van der Waals surface area contributed by atoms with E-state index < -0.39 is 12.1 Å². The highest BCUT2D eigenvalue weighted by Crippen LogP contribution is 2.29. The molecule has 1 aromatic rings. The molecule has 3 nitrogen and oxygen atoms in total. The maximum Gasteiger partial charge on any atom is 0.333 e.